The van der Waals surface area contributed by atoms with E-state index in [0.717, 1.165) is 31.5 Å². The van der Waals surface area contributed by atoms with Crippen LogP contribution >= 0.6 is 0 Å². The average Bonchev–Trinajstić information content (AvgIpc) is 3.17. The SMILES string of the molecule is CC(C)c1ccc(C(NC(=O)c2cn(C3CCNCC3)nn2)C(C)C)cc1. The van der Waals surface area contributed by atoms with Gasteiger partial charge >= 0.3 is 0 Å². The molecule has 0 aliphatic carbocycles. The Kier molecular flexibility index (Phi) is 6.26. The third kappa shape index (κ3) is 4.75. The van der Waals surface area contributed by atoms with Gasteiger partial charge in [0.25, 0.3) is 5.91 Å². The van der Waals surface area contributed by atoms with Crippen molar-refractivity contribution >= 4 is 5.91 Å². The molecule has 1 aromatic heterocycles. The second-order valence-corrected chi connectivity index (χ2v) is 8.08. The molecule has 0 bridgehead atoms. The van der Waals surface area contributed by atoms with Crippen LogP contribution in [0.3, 0.4) is 0 Å². The summed E-state index contributed by atoms with van der Waals surface area (Å²) in [7, 11) is 0. The minimum absolute atomic E-state index is 0.0530. The number of carbonyl (C=O) groups is 1. The molecule has 1 saturated heterocycles. The second kappa shape index (κ2) is 8.65. The summed E-state index contributed by atoms with van der Waals surface area (Å²) in [5.74, 6) is 0.608. The van der Waals surface area contributed by atoms with E-state index in [9.17, 15) is 4.79 Å². The summed E-state index contributed by atoms with van der Waals surface area (Å²) in [6, 6.07) is 8.80. The van der Waals surface area contributed by atoms with E-state index in [1.165, 1.54) is 5.56 Å². The number of piperidine rings is 1. The van der Waals surface area contributed by atoms with E-state index < -0.39 is 0 Å². The van der Waals surface area contributed by atoms with Crippen molar-refractivity contribution < 1.29 is 4.79 Å². The van der Waals surface area contributed by atoms with Crippen LogP contribution in [0.2, 0.25) is 0 Å². The highest BCUT2D eigenvalue weighted by atomic mass is 16.2. The van der Waals surface area contributed by atoms with Gasteiger partial charge in [-0.1, -0.05) is 57.2 Å². The minimum Gasteiger partial charge on any atom is -0.344 e. The Morgan fingerprint density at radius 2 is 1.74 bits per heavy atom. The topological polar surface area (TPSA) is 71.8 Å². The van der Waals surface area contributed by atoms with Gasteiger partial charge in [-0.3, -0.25) is 4.79 Å². The Morgan fingerprint density at radius 1 is 1.11 bits per heavy atom. The molecule has 0 saturated carbocycles. The summed E-state index contributed by atoms with van der Waals surface area (Å²) in [6.07, 6.45) is 3.81. The fraction of sp³-hybridized carbons (Fsp3) is 0.571. The highest BCUT2D eigenvalue weighted by Crippen LogP contribution is 2.24. The number of rotatable bonds is 6. The highest BCUT2D eigenvalue weighted by molar-refractivity contribution is 5.92. The summed E-state index contributed by atoms with van der Waals surface area (Å²) < 4.78 is 1.84. The lowest BCUT2D eigenvalue weighted by molar-refractivity contribution is 0.0920. The second-order valence-electron chi connectivity index (χ2n) is 8.08. The molecule has 1 amide bonds. The van der Waals surface area contributed by atoms with Crippen LogP contribution in [0.15, 0.2) is 30.5 Å². The van der Waals surface area contributed by atoms with E-state index in [-0.39, 0.29) is 17.9 Å². The monoisotopic (exact) mass is 369 g/mol. The fourth-order valence-corrected chi connectivity index (χ4v) is 3.57. The van der Waals surface area contributed by atoms with E-state index in [2.05, 4.69) is 72.9 Å². The van der Waals surface area contributed by atoms with Gasteiger partial charge in [0.05, 0.1) is 18.3 Å². The van der Waals surface area contributed by atoms with Crippen LogP contribution in [-0.2, 0) is 0 Å². The first-order valence-corrected chi connectivity index (χ1v) is 9.99. The Morgan fingerprint density at radius 3 is 2.33 bits per heavy atom. The van der Waals surface area contributed by atoms with Crippen LogP contribution in [0, 0.1) is 5.92 Å². The normalized spacial score (nSPS) is 16.7. The Hall–Kier alpha value is -2.21. The zero-order valence-electron chi connectivity index (χ0n) is 16.8. The minimum atomic E-state index is -0.165. The van der Waals surface area contributed by atoms with Crippen LogP contribution in [0.25, 0.3) is 0 Å². The van der Waals surface area contributed by atoms with Crippen LogP contribution in [0.5, 0.6) is 0 Å². The summed E-state index contributed by atoms with van der Waals surface area (Å²) in [5.41, 5.74) is 2.81. The number of nitrogens with zero attached hydrogens (tertiary/aromatic N) is 3. The molecule has 2 aromatic rings. The average molecular weight is 370 g/mol. The van der Waals surface area contributed by atoms with Crippen molar-refractivity contribution in [3.63, 3.8) is 0 Å². The number of hydrogen-bond donors (Lipinski definition) is 2. The largest absolute Gasteiger partial charge is 0.344 e. The molecule has 1 aliphatic heterocycles. The zero-order chi connectivity index (χ0) is 19.4. The standard InChI is InChI=1S/C21H31N5O/c1-14(2)16-5-7-17(8-6-16)20(15(3)4)23-21(27)19-13-26(25-24-19)18-9-11-22-12-10-18/h5-8,13-15,18,20,22H,9-12H2,1-4H3,(H,23,27). The zero-order valence-corrected chi connectivity index (χ0v) is 16.8. The molecular weight excluding hydrogens is 338 g/mol. The number of hydrogen-bond acceptors (Lipinski definition) is 4. The molecule has 0 spiro atoms. The first kappa shape index (κ1) is 19.5. The molecule has 1 unspecified atom stereocenters. The maximum atomic E-state index is 12.8. The van der Waals surface area contributed by atoms with Gasteiger partial charge in [-0.05, 0) is 48.9 Å². The third-order valence-electron chi connectivity index (χ3n) is 5.34. The molecule has 1 aliphatic rings. The van der Waals surface area contributed by atoms with Gasteiger partial charge in [-0.25, -0.2) is 4.68 Å². The fourth-order valence-electron chi connectivity index (χ4n) is 3.57. The molecule has 2 heterocycles. The van der Waals surface area contributed by atoms with Gasteiger partial charge < -0.3 is 10.6 Å². The predicted octanol–water partition coefficient (Wildman–Crippen LogP) is 3.45. The number of benzene rings is 1. The maximum Gasteiger partial charge on any atom is 0.273 e. The molecule has 0 radical (unpaired) electrons. The van der Waals surface area contributed by atoms with Gasteiger partial charge in [0.15, 0.2) is 5.69 Å². The molecule has 2 N–H and O–H groups in total. The molecule has 3 rings (SSSR count). The summed E-state index contributed by atoms with van der Waals surface area (Å²) in [5, 5.41) is 14.8. The molecule has 6 nitrogen and oxygen atoms in total. The highest BCUT2D eigenvalue weighted by Gasteiger charge is 2.23. The summed E-state index contributed by atoms with van der Waals surface area (Å²) >= 11 is 0. The van der Waals surface area contributed by atoms with Crippen molar-refractivity contribution in [2.75, 3.05) is 13.1 Å². The maximum absolute atomic E-state index is 12.8. The predicted molar refractivity (Wildman–Crippen MR) is 107 cm³/mol. The van der Waals surface area contributed by atoms with Crippen molar-refractivity contribution in [1.29, 1.82) is 0 Å². The Labute approximate surface area is 161 Å². The summed E-state index contributed by atoms with van der Waals surface area (Å²) in [4.78, 5) is 12.8. The van der Waals surface area contributed by atoms with E-state index in [1.807, 2.05) is 4.68 Å². The first-order chi connectivity index (χ1) is 13.0. The molecule has 27 heavy (non-hydrogen) atoms. The lowest BCUT2D eigenvalue weighted by atomic mass is 9.93. The van der Waals surface area contributed by atoms with Gasteiger partial charge in [-0.15, -0.1) is 5.10 Å². The number of amides is 1. The van der Waals surface area contributed by atoms with Gasteiger partial charge in [0.1, 0.15) is 0 Å². The number of nitrogens with one attached hydrogen (secondary N) is 2. The molecule has 1 aromatic carbocycles. The molecule has 6 heteroatoms. The Balaban J connectivity index is 1.71. The molecule has 146 valence electrons. The third-order valence-corrected chi connectivity index (χ3v) is 5.34. The lowest BCUT2D eigenvalue weighted by Crippen LogP contribution is -2.32. The van der Waals surface area contributed by atoms with Crippen molar-refractivity contribution in [1.82, 2.24) is 25.6 Å². The van der Waals surface area contributed by atoms with E-state index in [1.54, 1.807) is 6.20 Å². The van der Waals surface area contributed by atoms with Crippen molar-refractivity contribution in [2.24, 2.45) is 5.92 Å². The van der Waals surface area contributed by atoms with Gasteiger partial charge in [0.2, 0.25) is 0 Å². The first-order valence-electron chi connectivity index (χ1n) is 9.99. The van der Waals surface area contributed by atoms with Crippen molar-refractivity contribution in [3.05, 3.63) is 47.3 Å². The van der Waals surface area contributed by atoms with Crippen molar-refractivity contribution in [2.45, 2.75) is 58.5 Å². The van der Waals surface area contributed by atoms with E-state index in [4.69, 9.17) is 0 Å². The summed E-state index contributed by atoms with van der Waals surface area (Å²) in [6.45, 7) is 10.6. The van der Waals surface area contributed by atoms with Gasteiger partial charge in [0, 0.05) is 0 Å². The van der Waals surface area contributed by atoms with E-state index in [0.29, 0.717) is 17.7 Å². The molecule has 1 fully saturated rings. The lowest BCUT2D eigenvalue weighted by Gasteiger charge is -2.23. The Bertz CT molecular complexity index is 744. The number of carbonyl (C=O) groups excluding carboxylic acids is 1. The van der Waals surface area contributed by atoms with Crippen LogP contribution in [-0.4, -0.2) is 34.0 Å². The number of aromatic nitrogens is 3. The van der Waals surface area contributed by atoms with Crippen LogP contribution < -0.4 is 10.6 Å². The van der Waals surface area contributed by atoms with E-state index >= 15 is 0 Å². The van der Waals surface area contributed by atoms with Crippen LogP contribution in [0.1, 0.15) is 80.2 Å². The van der Waals surface area contributed by atoms with Gasteiger partial charge in [-0.2, -0.15) is 0 Å². The molecular formula is C21H31N5O. The quantitative estimate of drug-likeness (QED) is 0.818. The van der Waals surface area contributed by atoms with Crippen molar-refractivity contribution in [3.8, 4) is 0 Å². The van der Waals surface area contributed by atoms with Crippen LogP contribution in [0.4, 0.5) is 0 Å². The molecule has 1 atom stereocenters. The smallest absolute Gasteiger partial charge is 0.273 e.